The summed E-state index contributed by atoms with van der Waals surface area (Å²) in [5.41, 5.74) is -0.983. The lowest BCUT2D eigenvalue weighted by Crippen LogP contribution is -2.55. The Labute approximate surface area is 178 Å². The van der Waals surface area contributed by atoms with Crippen LogP contribution in [0.25, 0.3) is 0 Å². The number of ether oxygens (including phenoxy) is 3. The molecule has 1 unspecified atom stereocenters. The van der Waals surface area contributed by atoms with E-state index in [1.807, 2.05) is 36.1 Å². The Balaban J connectivity index is 1.55. The van der Waals surface area contributed by atoms with Gasteiger partial charge in [-0.3, -0.25) is 4.90 Å². The molecular weight excluding hydrogens is 388 g/mol. The van der Waals surface area contributed by atoms with Crippen molar-refractivity contribution in [3.63, 3.8) is 0 Å². The van der Waals surface area contributed by atoms with Gasteiger partial charge >= 0.3 is 6.09 Å². The molecule has 2 aliphatic heterocycles. The lowest BCUT2D eigenvalue weighted by atomic mass is 9.90. The number of amides is 1. The zero-order valence-corrected chi connectivity index (χ0v) is 18.0. The van der Waals surface area contributed by atoms with E-state index in [0.717, 1.165) is 5.56 Å². The van der Waals surface area contributed by atoms with E-state index in [9.17, 15) is 15.0 Å². The maximum atomic E-state index is 11.9. The number of β-amino-alcohol motifs (C(OH)–C–C–N with tert-alkyl or cyclic N) is 2. The Morgan fingerprint density at radius 3 is 2.67 bits per heavy atom. The normalized spacial score (nSPS) is 24.9. The van der Waals surface area contributed by atoms with Crippen molar-refractivity contribution in [3.05, 3.63) is 29.8 Å². The number of benzene rings is 1. The fraction of sp³-hybridized carbons (Fsp3) is 0.682. The second kappa shape index (κ2) is 9.96. The van der Waals surface area contributed by atoms with E-state index in [-0.39, 0.29) is 19.3 Å². The summed E-state index contributed by atoms with van der Waals surface area (Å²) in [4.78, 5) is 15.6. The second-order valence-corrected chi connectivity index (χ2v) is 8.50. The topological polar surface area (TPSA) is 91.7 Å². The van der Waals surface area contributed by atoms with E-state index >= 15 is 0 Å². The Bertz CT molecular complexity index is 707. The van der Waals surface area contributed by atoms with E-state index in [1.165, 1.54) is 0 Å². The first-order chi connectivity index (χ1) is 14.3. The molecule has 1 aromatic carbocycles. The molecule has 1 atom stereocenters. The number of piperidine rings is 1. The molecule has 0 aliphatic carbocycles. The van der Waals surface area contributed by atoms with Crippen molar-refractivity contribution in [2.45, 2.75) is 37.9 Å². The van der Waals surface area contributed by atoms with Gasteiger partial charge in [0.1, 0.15) is 18.0 Å². The zero-order chi connectivity index (χ0) is 21.6. The number of aryl methyl sites for hydroxylation is 1. The molecule has 8 nitrogen and oxygen atoms in total. The van der Waals surface area contributed by atoms with Crippen LogP contribution >= 0.6 is 0 Å². The molecular formula is C22H34N2O6. The Morgan fingerprint density at radius 2 is 1.97 bits per heavy atom. The van der Waals surface area contributed by atoms with E-state index < -0.39 is 11.2 Å². The number of hydrogen-bond donors (Lipinski definition) is 2. The van der Waals surface area contributed by atoms with Crippen LogP contribution in [-0.2, 0) is 9.47 Å². The molecule has 1 aromatic rings. The Morgan fingerprint density at radius 1 is 1.20 bits per heavy atom. The summed E-state index contributed by atoms with van der Waals surface area (Å²) in [6.07, 6.45) is 0.619. The van der Waals surface area contributed by atoms with E-state index in [4.69, 9.17) is 14.2 Å². The summed E-state index contributed by atoms with van der Waals surface area (Å²) in [5.74, 6) is 0.712. The zero-order valence-electron chi connectivity index (χ0n) is 18.0. The SMILES string of the molecule is CCOC(=O)N1CCC(O)(CN2CCOCC(O)(COc3cccc(C)c3)C2)CC1. The Hall–Kier alpha value is -1.87. The molecule has 2 aliphatic rings. The van der Waals surface area contributed by atoms with Crippen LogP contribution < -0.4 is 4.74 Å². The molecule has 0 bridgehead atoms. The molecule has 2 N–H and O–H groups in total. The molecule has 0 radical (unpaired) electrons. The average molecular weight is 423 g/mol. The van der Waals surface area contributed by atoms with Crippen molar-refractivity contribution in [1.29, 1.82) is 0 Å². The third kappa shape index (κ3) is 6.31. The van der Waals surface area contributed by atoms with Crippen LogP contribution in [0.5, 0.6) is 5.75 Å². The van der Waals surface area contributed by atoms with Crippen molar-refractivity contribution in [3.8, 4) is 5.75 Å². The molecule has 1 amide bonds. The number of hydrogen-bond acceptors (Lipinski definition) is 7. The highest BCUT2D eigenvalue weighted by atomic mass is 16.6. The second-order valence-electron chi connectivity index (χ2n) is 8.50. The predicted octanol–water partition coefficient (Wildman–Crippen LogP) is 1.42. The van der Waals surface area contributed by atoms with Gasteiger partial charge in [-0.25, -0.2) is 4.79 Å². The van der Waals surface area contributed by atoms with E-state index in [2.05, 4.69) is 0 Å². The minimum absolute atomic E-state index is 0.113. The van der Waals surface area contributed by atoms with Crippen LogP contribution in [0.2, 0.25) is 0 Å². The van der Waals surface area contributed by atoms with Gasteiger partial charge in [0.15, 0.2) is 0 Å². The van der Waals surface area contributed by atoms with E-state index in [1.54, 1.807) is 11.8 Å². The first-order valence-electron chi connectivity index (χ1n) is 10.7. The summed E-state index contributed by atoms with van der Waals surface area (Å²) in [7, 11) is 0. The Kier molecular flexibility index (Phi) is 7.57. The predicted molar refractivity (Wildman–Crippen MR) is 112 cm³/mol. The highest BCUT2D eigenvalue weighted by Crippen LogP contribution is 2.26. The van der Waals surface area contributed by atoms with Crippen molar-refractivity contribution in [1.82, 2.24) is 9.80 Å². The van der Waals surface area contributed by atoms with E-state index in [0.29, 0.717) is 64.5 Å². The standard InChI is InChI=1S/C22H34N2O6/c1-3-29-20(25)24-9-7-21(26,8-10-24)14-23-11-12-28-16-22(27,15-23)17-30-19-6-4-5-18(2)13-19/h4-6,13,26-27H,3,7-12,14-17H2,1-2H3. The molecule has 2 heterocycles. The first kappa shape index (κ1) is 22.8. The van der Waals surface area contributed by atoms with Crippen molar-refractivity contribution < 1.29 is 29.2 Å². The summed E-state index contributed by atoms with van der Waals surface area (Å²) in [6.45, 7) is 7.20. The molecule has 30 heavy (non-hydrogen) atoms. The molecule has 168 valence electrons. The fourth-order valence-electron chi connectivity index (χ4n) is 4.04. The minimum atomic E-state index is -1.16. The van der Waals surface area contributed by atoms with Crippen LogP contribution in [-0.4, -0.2) is 96.5 Å². The number of likely N-dealkylation sites (tertiary alicyclic amines) is 1. The van der Waals surface area contributed by atoms with Gasteiger partial charge in [0, 0.05) is 32.7 Å². The summed E-state index contributed by atoms with van der Waals surface area (Å²) in [6, 6.07) is 7.71. The van der Waals surface area contributed by atoms with Gasteiger partial charge in [0.05, 0.1) is 25.4 Å². The maximum Gasteiger partial charge on any atom is 0.409 e. The van der Waals surface area contributed by atoms with Gasteiger partial charge in [0.25, 0.3) is 0 Å². The number of nitrogens with zero attached hydrogens (tertiary/aromatic N) is 2. The lowest BCUT2D eigenvalue weighted by molar-refractivity contribution is -0.0790. The van der Waals surface area contributed by atoms with Gasteiger partial charge in [0.2, 0.25) is 0 Å². The third-order valence-electron chi connectivity index (χ3n) is 5.68. The smallest absolute Gasteiger partial charge is 0.409 e. The summed E-state index contributed by atoms with van der Waals surface area (Å²) < 4.78 is 16.5. The molecule has 0 spiro atoms. The van der Waals surface area contributed by atoms with Crippen LogP contribution in [0.3, 0.4) is 0 Å². The van der Waals surface area contributed by atoms with Crippen LogP contribution in [0.15, 0.2) is 24.3 Å². The van der Waals surface area contributed by atoms with Gasteiger partial charge in [-0.1, -0.05) is 12.1 Å². The van der Waals surface area contributed by atoms with Gasteiger partial charge < -0.3 is 29.3 Å². The molecule has 2 fully saturated rings. The fourth-order valence-corrected chi connectivity index (χ4v) is 4.04. The average Bonchev–Trinajstić information content (AvgIpc) is 2.88. The largest absolute Gasteiger partial charge is 0.490 e. The van der Waals surface area contributed by atoms with Crippen molar-refractivity contribution in [2.75, 3.05) is 59.2 Å². The molecule has 0 aromatic heterocycles. The number of aliphatic hydroxyl groups is 2. The van der Waals surface area contributed by atoms with Crippen LogP contribution in [0, 0.1) is 6.92 Å². The monoisotopic (exact) mass is 422 g/mol. The van der Waals surface area contributed by atoms with Crippen LogP contribution in [0.1, 0.15) is 25.3 Å². The van der Waals surface area contributed by atoms with Gasteiger partial charge in [-0.05, 0) is 44.4 Å². The van der Waals surface area contributed by atoms with Crippen molar-refractivity contribution in [2.24, 2.45) is 0 Å². The highest BCUT2D eigenvalue weighted by Gasteiger charge is 2.39. The molecule has 2 saturated heterocycles. The quantitative estimate of drug-likeness (QED) is 0.716. The van der Waals surface area contributed by atoms with Crippen LogP contribution in [0.4, 0.5) is 4.79 Å². The van der Waals surface area contributed by atoms with Gasteiger partial charge in [-0.2, -0.15) is 0 Å². The number of rotatable bonds is 6. The first-order valence-corrected chi connectivity index (χ1v) is 10.7. The highest BCUT2D eigenvalue weighted by molar-refractivity contribution is 5.67. The summed E-state index contributed by atoms with van der Waals surface area (Å²) in [5, 5.41) is 22.2. The third-order valence-corrected chi connectivity index (χ3v) is 5.68. The molecule has 3 rings (SSSR count). The summed E-state index contributed by atoms with van der Waals surface area (Å²) >= 11 is 0. The number of carbonyl (C=O) groups excluding carboxylic acids is 1. The number of carbonyl (C=O) groups is 1. The van der Waals surface area contributed by atoms with Crippen molar-refractivity contribution >= 4 is 6.09 Å². The minimum Gasteiger partial charge on any atom is -0.490 e. The molecule has 0 saturated carbocycles. The molecule has 8 heteroatoms. The van der Waals surface area contributed by atoms with Gasteiger partial charge in [-0.15, -0.1) is 0 Å². The maximum absolute atomic E-state index is 11.9. The lowest BCUT2D eigenvalue weighted by Gasteiger charge is -2.41.